The Labute approximate surface area is 102 Å². The van der Waals surface area contributed by atoms with Crippen LogP contribution < -0.4 is 0 Å². The minimum Gasteiger partial charge on any atom is -0.371 e. The van der Waals surface area contributed by atoms with Gasteiger partial charge in [0.2, 0.25) is 0 Å². The third-order valence-corrected chi connectivity index (χ3v) is 2.81. The summed E-state index contributed by atoms with van der Waals surface area (Å²) >= 11 is 0. The second kappa shape index (κ2) is 5.41. The zero-order chi connectivity index (χ0) is 13.1. The van der Waals surface area contributed by atoms with E-state index in [1.165, 1.54) is 12.1 Å². The molecule has 17 heavy (non-hydrogen) atoms. The van der Waals surface area contributed by atoms with Crippen LogP contribution in [0.15, 0.2) is 24.3 Å². The summed E-state index contributed by atoms with van der Waals surface area (Å²) in [6.45, 7) is 7.51. The summed E-state index contributed by atoms with van der Waals surface area (Å²) in [7, 11) is 0. The summed E-state index contributed by atoms with van der Waals surface area (Å²) in [5, 5.41) is 0. The molecule has 1 aromatic rings. The van der Waals surface area contributed by atoms with Crippen LogP contribution in [0, 0.1) is 5.82 Å². The second-order valence-electron chi connectivity index (χ2n) is 4.91. The minimum atomic E-state index is -0.650. The molecule has 0 bridgehead atoms. The molecule has 0 aromatic heterocycles. The monoisotopic (exact) mass is 238 g/mol. The third-order valence-electron chi connectivity index (χ3n) is 2.81. The van der Waals surface area contributed by atoms with E-state index < -0.39 is 5.41 Å². The van der Waals surface area contributed by atoms with Crippen molar-refractivity contribution in [1.82, 2.24) is 0 Å². The van der Waals surface area contributed by atoms with Crippen LogP contribution >= 0.6 is 0 Å². The van der Waals surface area contributed by atoms with E-state index in [0.717, 1.165) is 5.56 Å². The molecule has 0 heterocycles. The van der Waals surface area contributed by atoms with E-state index in [1.807, 2.05) is 27.7 Å². The first kappa shape index (κ1) is 13.8. The minimum absolute atomic E-state index is 0.00203. The molecule has 0 aliphatic rings. The molecule has 3 heteroatoms. The maximum atomic E-state index is 12.8. The smallest absolute Gasteiger partial charge is 0.168 e. The van der Waals surface area contributed by atoms with E-state index in [4.69, 9.17) is 4.74 Å². The summed E-state index contributed by atoms with van der Waals surface area (Å²) in [5.41, 5.74) is 0.152. The van der Waals surface area contributed by atoms with Crippen LogP contribution in [0.1, 0.15) is 33.3 Å². The lowest BCUT2D eigenvalue weighted by molar-refractivity contribution is -0.129. The lowest BCUT2D eigenvalue weighted by atomic mass is 9.81. The maximum Gasteiger partial charge on any atom is 0.168 e. The number of ketones is 1. The number of benzene rings is 1. The Morgan fingerprint density at radius 3 is 2.29 bits per heavy atom. The first-order valence-electron chi connectivity index (χ1n) is 5.75. The zero-order valence-electron chi connectivity index (χ0n) is 10.8. The van der Waals surface area contributed by atoms with Gasteiger partial charge in [-0.25, -0.2) is 4.39 Å². The predicted octanol–water partition coefficient (Wildman–Crippen LogP) is 3.10. The molecule has 0 radical (unpaired) electrons. The van der Waals surface area contributed by atoms with Gasteiger partial charge in [0.15, 0.2) is 5.78 Å². The van der Waals surface area contributed by atoms with Gasteiger partial charge in [0, 0.05) is 0 Å². The van der Waals surface area contributed by atoms with Gasteiger partial charge in [0.05, 0.1) is 11.5 Å². The van der Waals surface area contributed by atoms with E-state index in [2.05, 4.69) is 0 Å². The quantitative estimate of drug-likeness (QED) is 0.788. The molecule has 0 amide bonds. The van der Waals surface area contributed by atoms with Crippen molar-refractivity contribution in [1.29, 1.82) is 0 Å². The predicted molar refractivity (Wildman–Crippen MR) is 65.5 cm³/mol. The molecule has 1 aromatic carbocycles. The van der Waals surface area contributed by atoms with E-state index in [-0.39, 0.29) is 24.3 Å². The third kappa shape index (κ3) is 3.63. The Morgan fingerprint density at radius 1 is 1.29 bits per heavy atom. The zero-order valence-corrected chi connectivity index (χ0v) is 10.8. The number of ether oxygens (including phenoxy) is 1. The molecular weight excluding hydrogens is 219 g/mol. The molecule has 94 valence electrons. The van der Waals surface area contributed by atoms with Gasteiger partial charge >= 0.3 is 0 Å². The average molecular weight is 238 g/mol. The molecule has 0 aliphatic carbocycles. The largest absolute Gasteiger partial charge is 0.371 e. The highest BCUT2D eigenvalue weighted by Gasteiger charge is 2.29. The van der Waals surface area contributed by atoms with E-state index in [0.29, 0.717) is 0 Å². The highest BCUT2D eigenvalue weighted by atomic mass is 19.1. The highest BCUT2D eigenvalue weighted by Crippen LogP contribution is 2.24. The summed E-state index contributed by atoms with van der Waals surface area (Å²) in [6, 6.07) is 6.02. The van der Waals surface area contributed by atoms with Crippen molar-refractivity contribution in [3.05, 3.63) is 35.6 Å². The standard InChI is InChI=1S/C14H19FO2/c1-10(2)17-9-13(16)14(3,4)11-5-7-12(15)8-6-11/h5-8,10H,9H2,1-4H3. The SMILES string of the molecule is CC(C)OCC(=O)C(C)(C)c1ccc(F)cc1. The Balaban J connectivity index is 2.79. The van der Waals surface area contributed by atoms with Crippen molar-refractivity contribution < 1.29 is 13.9 Å². The van der Waals surface area contributed by atoms with Crippen molar-refractivity contribution in [2.24, 2.45) is 0 Å². The molecule has 1 rings (SSSR count). The van der Waals surface area contributed by atoms with E-state index in [9.17, 15) is 9.18 Å². The van der Waals surface area contributed by atoms with Crippen molar-refractivity contribution >= 4 is 5.78 Å². The number of carbonyl (C=O) groups is 1. The highest BCUT2D eigenvalue weighted by molar-refractivity contribution is 5.90. The van der Waals surface area contributed by atoms with Gasteiger partial charge in [0.1, 0.15) is 12.4 Å². The van der Waals surface area contributed by atoms with Gasteiger partial charge < -0.3 is 4.74 Å². The summed E-state index contributed by atoms with van der Waals surface area (Å²) < 4.78 is 18.1. The molecule has 0 fully saturated rings. The average Bonchev–Trinajstić information content (AvgIpc) is 2.26. The Hall–Kier alpha value is -1.22. The molecular formula is C14H19FO2. The van der Waals surface area contributed by atoms with Crippen molar-refractivity contribution in [2.45, 2.75) is 39.2 Å². The summed E-state index contributed by atoms with van der Waals surface area (Å²) in [6.07, 6.45) is 0.0305. The molecule has 0 unspecified atom stereocenters. The van der Waals surface area contributed by atoms with Gasteiger partial charge in [-0.2, -0.15) is 0 Å². The van der Waals surface area contributed by atoms with Crippen LogP contribution in [0.5, 0.6) is 0 Å². The Bertz CT molecular complexity index is 380. The lowest BCUT2D eigenvalue weighted by Gasteiger charge is -2.24. The van der Waals surface area contributed by atoms with Crippen molar-refractivity contribution in [2.75, 3.05) is 6.61 Å². The number of carbonyl (C=O) groups excluding carboxylic acids is 1. The number of rotatable bonds is 5. The molecule has 0 saturated carbocycles. The number of Topliss-reactive ketones (excluding diaryl/α,β-unsaturated/α-hetero) is 1. The van der Waals surface area contributed by atoms with Gasteiger partial charge in [-0.15, -0.1) is 0 Å². The van der Waals surface area contributed by atoms with Crippen molar-refractivity contribution in [3.8, 4) is 0 Å². The Kier molecular flexibility index (Phi) is 4.40. The van der Waals surface area contributed by atoms with Gasteiger partial charge in [-0.3, -0.25) is 4.79 Å². The number of hydrogen-bond donors (Lipinski definition) is 0. The summed E-state index contributed by atoms with van der Waals surface area (Å²) in [4.78, 5) is 12.0. The van der Waals surface area contributed by atoms with Crippen LogP contribution in [-0.4, -0.2) is 18.5 Å². The molecule has 2 nitrogen and oxygen atoms in total. The van der Waals surface area contributed by atoms with Crippen LogP contribution in [0.3, 0.4) is 0 Å². The first-order chi connectivity index (χ1) is 7.84. The lowest BCUT2D eigenvalue weighted by Crippen LogP contribution is -2.33. The normalized spacial score (nSPS) is 11.9. The fourth-order valence-corrected chi connectivity index (χ4v) is 1.45. The van der Waals surface area contributed by atoms with Gasteiger partial charge in [0.25, 0.3) is 0 Å². The molecule has 0 atom stereocenters. The molecule has 0 saturated heterocycles. The maximum absolute atomic E-state index is 12.8. The topological polar surface area (TPSA) is 26.3 Å². The van der Waals surface area contributed by atoms with Crippen LogP contribution in [0.2, 0.25) is 0 Å². The molecule has 0 spiro atoms. The van der Waals surface area contributed by atoms with E-state index in [1.54, 1.807) is 12.1 Å². The molecule has 0 aliphatic heterocycles. The molecule has 0 N–H and O–H groups in total. The Morgan fingerprint density at radius 2 is 1.82 bits per heavy atom. The number of halogens is 1. The van der Waals surface area contributed by atoms with Crippen LogP contribution in [0.4, 0.5) is 4.39 Å². The van der Waals surface area contributed by atoms with Crippen LogP contribution in [-0.2, 0) is 14.9 Å². The van der Waals surface area contributed by atoms with E-state index >= 15 is 0 Å². The van der Waals surface area contributed by atoms with Crippen LogP contribution in [0.25, 0.3) is 0 Å². The fourth-order valence-electron chi connectivity index (χ4n) is 1.45. The first-order valence-corrected chi connectivity index (χ1v) is 5.75. The second-order valence-corrected chi connectivity index (χ2v) is 4.91. The fraction of sp³-hybridized carbons (Fsp3) is 0.500. The van der Waals surface area contributed by atoms with Gasteiger partial charge in [-0.1, -0.05) is 12.1 Å². The number of hydrogen-bond acceptors (Lipinski definition) is 2. The van der Waals surface area contributed by atoms with Crippen molar-refractivity contribution in [3.63, 3.8) is 0 Å². The van der Waals surface area contributed by atoms with Gasteiger partial charge in [-0.05, 0) is 45.4 Å². The summed E-state index contributed by atoms with van der Waals surface area (Å²) in [5.74, 6) is -0.298.